The molecule has 26 nitrogen and oxygen atoms in total. The molecule has 0 radical (unpaired) electrons. The summed E-state index contributed by atoms with van der Waals surface area (Å²) in [6.45, 7) is -1.98. The van der Waals surface area contributed by atoms with Gasteiger partial charge in [0, 0.05) is 12.1 Å². The van der Waals surface area contributed by atoms with E-state index in [1.165, 1.54) is 6.07 Å². The Bertz CT molecular complexity index is 3120. The highest BCUT2D eigenvalue weighted by Gasteiger charge is 2.29. The highest BCUT2D eigenvalue weighted by Crippen LogP contribution is 2.49. The zero-order valence-corrected chi connectivity index (χ0v) is 34.9. The Hall–Kier alpha value is -5.00. The van der Waals surface area contributed by atoms with Gasteiger partial charge in [0.2, 0.25) is 0 Å². The van der Waals surface area contributed by atoms with Crippen LogP contribution in [0.4, 0.5) is 28.4 Å². The second-order valence-electron chi connectivity index (χ2n) is 11.5. The largest absolute Gasteiger partial charge is 0.505 e. The lowest BCUT2D eigenvalue weighted by molar-refractivity contribution is 0.282. The van der Waals surface area contributed by atoms with Gasteiger partial charge in [0.25, 0.3) is 20.2 Å². The summed E-state index contributed by atoms with van der Waals surface area (Å²) in [5.74, 6) is -3.99. The number of hydrogen-bond donors (Lipinski definition) is 6. The molecule has 32 heteroatoms. The molecule has 0 atom stereocenters. The number of aromatic hydroxyl groups is 1. The molecule has 4 aromatic rings. The fourth-order valence-electron chi connectivity index (χ4n) is 4.96. The first-order valence-corrected chi connectivity index (χ1v) is 24.4. The third kappa shape index (κ3) is 11.6. The quantitative estimate of drug-likeness (QED) is 0.0474. The standard InChI is InChI=1S/C28H29N5O21S6/c1-51-19-14-21(56(37,38)9-7-54-60(48,49)50)20(52-2)13-18(19)31-33-27-23(58(42,43)44)11-15-10-22(57(39,40)41)26(25(29)24(15)28(27)34)32-30-16-4-3-5-17(12-16)55(35,36)8-6-53-59(45,46)47/h3-5,10-14,34H,6-9,29H2,1-2H3,(H,39,40,41)(H,42,43,44)(H,45,46,47)(H,48,49,50). The predicted octanol–water partition coefficient (Wildman–Crippen LogP) is 2.66. The fourth-order valence-corrected chi connectivity index (χ4v) is 9.47. The average Bonchev–Trinajstić information content (AvgIpc) is 3.11. The number of nitrogens with two attached hydrogens (primary N) is 1. The third-order valence-electron chi connectivity index (χ3n) is 7.54. The van der Waals surface area contributed by atoms with Gasteiger partial charge >= 0.3 is 20.8 Å². The molecule has 0 aromatic heterocycles. The van der Waals surface area contributed by atoms with Crippen LogP contribution in [0.25, 0.3) is 10.8 Å². The molecule has 328 valence electrons. The number of phenolic OH excluding ortho intramolecular Hbond substituents is 1. The summed E-state index contributed by atoms with van der Waals surface area (Å²) in [6.07, 6.45) is 0. The van der Waals surface area contributed by atoms with E-state index in [0.717, 1.165) is 44.6 Å². The van der Waals surface area contributed by atoms with Gasteiger partial charge in [0.15, 0.2) is 25.4 Å². The van der Waals surface area contributed by atoms with Crippen molar-refractivity contribution in [3.63, 3.8) is 0 Å². The molecule has 0 heterocycles. The van der Waals surface area contributed by atoms with Crippen LogP contribution in [-0.4, -0.2) is 113 Å². The van der Waals surface area contributed by atoms with Crippen LogP contribution in [0.2, 0.25) is 0 Å². The summed E-state index contributed by atoms with van der Waals surface area (Å²) >= 11 is 0. The summed E-state index contributed by atoms with van der Waals surface area (Å²) in [6, 6.07) is 7.18. The second kappa shape index (κ2) is 17.5. The van der Waals surface area contributed by atoms with Crippen molar-refractivity contribution in [1.29, 1.82) is 0 Å². The highest BCUT2D eigenvalue weighted by atomic mass is 32.3. The Morgan fingerprint density at radius 1 is 0.600 bits per heavy atom. The normalized spacial score (nSPS) is 13.4. The Kier molecular flexibility index (Phi) is 13.9. The summed E-state index contributed by atoms with van der Waals surface area (Å²) in [5, 5.41) is 25.2. The second-order valence-corrected chi connectivity index (χ2v) is 20.6. The van der Waals surface area contributed by atoms with Gasteiger partial charge in [-0.1, -0.05) is 6.07 Å². The zero-order valence-electron chi connectivity index (χ0n) is 30.0. The maximum atomic E-state index is 13.0. The van der Waals surface area contributed by atoms with Gasteiger partial charge in [-0.05, 0) is 35.7 Å². The predicted molar refractivity (Wildman–Crippen MR) is 203 cm³/mol. The first-order valence-electron chi connectivity index (χ1n) is 15.4. The van der Waals surface area contributed by atoms with Crippen LogP contribution >= 0.6 is 0 Å². The van der Waals surface area contributed by atoms with E-state index in [2.05, 4.69) is 28.8 Å². The van der Waals surface area contributed by atoms with E-state index in [9.17, 15) is 64.7 Å². The van der Waals surface area contributed by atoms with E-state index in [0.29, 0.717) is 12.1 Å². The molecule has 7 N–H and O–H groups in total. The Morgan fingerprint density at radius 3 is 1.63 bits per heavy atom. The Labute approximate surface area is 340 Å². The number of methoxy groups -OCH3 is 2. The van der Waals surface area contributed by atoms with Crippen LogP contribution in [0.5, 0.6) is 17.2 Å². The Balaban J connectivity index is 1.89. The molecule has 0 aliphatic carbocycles. The van der Waals surface area contributed by atoms with Crippen molar-refractivity contribution < 1.29 is 91.7 Å². The lowest BCUT2D eigenvalue weighted by atomic mass is 10.1. The van der Waals surface area contributed by atoms with Crippen molar-refractivity contribution in [3.05, 3.63) is 48.5 Å². The number of hydrogen-bond acceptors (Lipinski definition) is 22. The van der Waals surface area contributed by atoms with Gasteiger partial charge in [-0.15, -0.1) is 15.3 Å². The number of anilines is 1. The summed E-state index contributed by atoms with van der Waals surface area (Å²) in [5.41, 5.74) is 2.70. The lowest BCUT2D eigenvalue weighted by Gasteiger charge is -2.15. The van der Waals surface area contributed by atoms with E-state index in [1.54, 1.807) is 0 Å². The van der Waals surface area contributed by atoms with Crippen molar-refractivity contribution in [2.75, 3.05) is 44.7 Å². The van der Waals surface area contributed by atoms with Crippen molar-refractivity contribution in [3.8, 4) is 17.2 Å². The molecule has 0 bridgehead atoms. The van der Waals surface area contributed by atoms with Crippen molar-refractivity contribution >= 4 is 99.9 Å². The lowest BCUT2D eigenvalue weighted by Crippen LogP contribution is -2.16. The van der Waals surface area contributed by atoms with Gasteiger partial charge < -0.3 is 20.3 Å². The zero-order chi connectivity index (χ0) is 45.2. The van der Waals surface area contributed by atoms with Crippen molar-refractivity contribution in [2.24, 2.45) is 20.5 Å². The molecule has 0 aliphatic heterocycles. The van der Waals surface area contributed by atoms with Gasteiger partial charge in [-0.25, -0.2) is 25.2 Å². The first-order chi connectivity index (χ1) is 27.5. The van der Waals surface area contributed by atoms with Crippen LogP contribution in [0.3, 0.4) is 0 Å². The van der Waals surface area contributed by atoms with Crippen molar-refractivity contribution in [1.82, 2.24) is 0 Å². The summed E-state index contributed by atoms with van der Waals surface area (Å²) in [4.78, 5) is -3.42. The fraction of sp³-hybridized carbons (Fsp3) is 0.214. The van der Waals surface area contributed by atoms with Gasteiger partial charge in [-0.3, -0.25) is 18.2 Å². The number of sulfone groups is 2. The van der Waals surface area contributed by atoms with E-state index in [1.807, 2.05) is 0 Å². The SMILES string of the molecule is COc1cc(S(=O)(=O)CCOS(=O)(=O)O)c(OC)cc1N=Nc1c(S(=O)(=O)O)cc2cc(S(=O)(=O)O)c(N=Nc3cccc(S(=O)(=O)CCOS(=O)(=O)O)c3)c(N)c2c1O. The number of rotatable bonds is 18. The maximum absolute atomic E-state index is 13.0. The van der Waals surface area contributed by atoms with Crippen LogP contribution in [0.1, 0.15) is 0 Å². The monoisotopic (exact) mass is 963 g/mol. The van der Waals surface area contributed by atoms with Crippen LogP contribution in [-0.2, 0) is 69.1 Å². The molecule has 0 amide bonds. The number of benzene rings is 4. The number of nitrogens with zero attached hydrogens (tertiary/aromatic N) is 4. The minimum Gasteiger partial charge on any atom is -0.505 e. The van der Waals surface area contributed by atoms with Gasteiger partial charge in [0.1, 0.15) is 43.2 Å². The van der Waals surface area contributed by atoms with E-state index in [4.69, 9.17) is 24.3 Å². The maximum Gasteiger partial charge on any atom is 0.397 e. The van der Waals surface area contributed by atoms with Crippen LogP contribution in [0, 0.1) is 0 Å². The molecular weight excluding hydrogens is 935 g/mol. The van der Waals surface area contributed by atoms with E-state index in [-0.39, 0.29) is 5.69 Å². The molecule has 0 fully saturated rings. The van der Waals surface area contributed by atoms with Crippen LogP contribution < -0.4 is 15.2 Å². The topological polar surface area (TPSA) is 418 Å². The van der Waals surface area contributed by atoms with E-state index >= 15 is 0 Å². The minimum absolute atomic E-state index is 0.303. The van der Waals surface area contributed by atoms with Gasteiger partial charge in [0.05, 0.1) is 60.6 Å². The third-order valence-corrected chi connectivity index (χ3v) is 13.6. The molecule has 0 saturated carbocycles. The van der Waals surface area contributed by atoms with Crippen molar-refractivity contribution in [2.45, 2.75) is 19.6 Å². The first kappa shape index (κ1) is 47.7. The minimum atomic E-state index is -5.39. The smallest absolute Gasteiger partial charge is 0.397 e. The number of azo groups is 2. The Morgan fingerprint density at radius 2 is 1.12 bits per heavy atom. The summed E-state index contributed by atoms with van der Waals surface area (Å²) in [7, 11) is -27.3. The molecule has 60 heavy (non-hydrogen) atoms. The summed E-state index contributed by atoms with van der Waals surface area (Å²) < 4.78 is 201. The average molecular weight is 964 g/mol. The molecule has 4 aromatic carbocycles. The number of nitrogen functional groups attached to an aromatic ring is 1. The number of fused-ring (bicyclic) bond motifs is 1. The molecular formula is C28H29N5O21S6. The molecule has 0 aliphatic rings. The highest BCUT2D eigenvalue weighted by molar-refractivity contribution is 7.92. The molecule has 0 unspecified atom stereocenters. The molecule has 4 rings (SSSR count). The molecule has 0 saturated heterocycles. The number of phenols is 1. The van der Waals surface area contributed by atoms with E-state index < -0.39 is 156 Å². The van der Waals surface area contributed by atoms with Crippen LogP contribution in [0.15, 0.2) is 88.6 Å². The number of ether oxygens (including phenoxy) is 2. The molecule has 0 spiro atoms. The van der Waals surface area contributed by atoms with Gasteiger partial charge in [-0.2, -0.15) is 38.8 Å².